The molecular formula is C14H18ClNO4S. The molecule has 0 spiro atoms. The Hall–Kier alpha value is -1.40. The molecule has 0 radical (unpaired) electrons. The summed E-state index contributed by atoms with van der Waals surface area (Å²) in [6.45, 7) is 1.57. The van der Waals surface area contributed by atoms with Crippen molar-refractivity contribution in [2.45, 2.75) is 25.5 Å². The number of aliphatic carboxylic acids is 1. The zero-order chi connectivity index (χ0) is 15.8. The fourth-order valence-corrected chi connectivity index (χ4v) is 2.15. The molecule has 0 aromatic heterocycles. The van der Waals surface area contributed by atoms with Crippen molar-refractivity contribution < 1.29 is 19.4 Å². The molecule has 2 atom stereocenters. The van der Waals surface area contributed by atoms with Gasteiger partial charge in [0.2, 0.25) is 0 Å². The number of thioether (sulfide) groups is 1. The maximum absolute atomic E-state index is 12.0. The summed E-state index contributed by atoms with van der Waals surface area (Å²) in [5.74, 6) is -0.350. The lowest BCUT2D eigenvalue weighted by atomic mass is 10.2. The summed E-state index contributed by atoms with van der Waals surface area (Å²) in [6.07, 6.45) is 1.46. The fraction of sp³-hybridized carbons (Fsp3) is 0.429. The van der Waals surface area contributed by atoms with Crippen LogP contribution in [0, 0.1) is 0 Å². The van der Waals surface area contributed by atoms with Crippen molar-refractivity contribution in [2.75, 3.05) is 12.0 Å². The van der Waals surface area contributed by atoms with Gasteiger partial charge in [-0.25, -0.2) is 4.79 Å². The molecule has 0 heterocycles. The number of benzene rings is 1. The molecule has 0 bridgehead atoms. The second-order valence-electron chi connectivity index (χ2n) is 4.39. The third-order valence-electron chi connectivity index (χ3n) is 2.72. The molecule has 116 valence electrons. The highest BCUT2D eigenvalue weighted by Crippen LogP contribution is 2.16. The molecular weight excluding hydrogens is 314 g/mol. The summed E-state index contributed by atoms with van der Waals surface area (Å²) in [7, 11) is 0. The van der Waals surface area contributed by atoms with Crippen LogP contribution >= 0.6 is 23.4 Å². The van der Waals surface area contributed by atoms with Crippen LogP contribution in [0.4, 0.5) is 0 Å². The molecule has 0 saturated heterocycles. The largest absolute Gasteiger partial charge is 0.481 e. The number of carbonyl (C=O) groups is 2. The summed E-state index contributed by atoms with van der Waals surface area (Å²) in [6, 6.07) is 5.70. The Morgan fingerprint density at radius 2 is 2.00 bits per heavy atom. The molecule has 1 unspecified atom stereocenters. The summed E-state index contributed by atoms with van der Waals surface area (Å²) < 4.78 is 5.45. The van der Waals surface area contributed by atoms with Gasteiger partial charge in [0, 0.05) is 5.02 Å². The zero-order valence-electron chi connectivity index (χ0n) is 11.8. The lowest BCUT2D eigenvalue weighted by molar-refractivity contribution is -0.142. The second kappa shape index (κ2) is 8.79. The molecule has 1 rings (SSSR count). The van der Waals surface area contributed by atoms with Gasteiger partial charge in [-0.05, 0) is 49.6 Å². The third kappa shape index (κ3) is 6.27. The first-order valence-corrected chi connectivity index (χ1v) is 8.15. The summed E-state index contributed by atoms with van der Waals surface area (Å²) >= 11 is 7.29. The first-order valence-electron chi connectivity index (χ1n) is 6.38. The molecule has 7 heteroatoms. The van der Waals surface area contributed by atoms with E-state index in [1.807, 2.05) is 6.26 Å². The number of nitrogens with one attached hydrogen (secondary N) is 1. The van der Waals surface area contributed by atoms with Gasteiger partial charge in [0.25, 0.3) is 5.91 Å². The first-order chi connectivity index (χ1) is 9.93. The van der Waals surface area contributed by atoms with Crippen LogP contribution < -0.4 is 10.1 Å². The van der Waals surface area contributed by atoms with E-state index in [4.69, 9.17) is 21.4 Å². The minimum absolute atomic E-state index is 0.371. The van der Waals surface area contributed by atoms with Crippen molar-refractivity contribution in [3.8, 4) is 5.75 Å². The molecule has 1 aromatic rings. The normalized spacial score (nSPS) is 13.3. The predicted octanol–water partition coefficient (Wildman–Crippen LogP) is 2.43. The Bertz CT molecular complexity index is 480. The van der Waals surface area contributed by atoms with Crippen molar-refractivity contribution in [3.05, 3.63) is 29.3 Å². The number of hydrogen-bond donors (Lipinski definition) is 2. The standard InChI is InChI=1S/C14H18ClNO4S/c1-9(20-11-5-3-10(15)4-6-11)13(17)16-12(14(18)19)7-8-21-2/h3-6,9,12H,7-8H2,1-2H3,(H,16,17)(H,18,19)/t9?,12-/m0/s1. The molecule has 0 aliphatic heterocycles. The van der Waals surface area contributed by atoms with E-state index >= 15 is 0 Å². The molecule has 2 N–H and O–H groups in total. The Kier molecular flexibility index (Phi) is 7.39. The van der Waals surface area contributed by atoms with Crippen LogP contribution in [0.25, 0.3) is 0 Å². The highest BCUT2D eigenvalue weighted by molar-refractivity contribution is 7.98. The number of rotatable bonds is 8. The maximum Gasteiger partial charge on any atom is 0.326 e. The van der Waals surface area contributed by atoms with Gasteiger partial charge in [-0.2, -0.15) is 11.8 Å². The number of carboxylic acid groups (broad SMARTS) is 1. The average molecular weight is 332 g/mol. The Morgan fingerprint density at radius 1 is 1.38 bits per heavy atom. The smallest absolute Gasteiger partial charge is 0.326 e. The van der Waals surface area contributed by atoms with Crippen molar-refractivity contribution in [3.63, 3.8) is 0 Å². The number of carbonyl (C=O) groups excluding carboxylic acids is 1. The molecule has 0 aliphatic rings. The van der Waals surface area contributed by atoms with Gasteiger partial charge in [0.15, 0.2) is 6.10 Å². The maximum atomic E-state index is 12.0. The van der Waals surface area contributed by atoms with Gasteiger partial charge in [0.05, 0.1) is 0 Å². The molecule has 0 saturated carbocycles. The van der Waals surface area contributed by atoms with Crippen LogP contribution in [0.15, 0.2) is 24.3 Å². The monoisotopic (exact) mass is 331 g/mol. The Morgan fingerprint density at radius 3 is 2.52 bits per heavy atom. The van der Waals surface area contributed by atoms with E-state index in [9.17, 15) is 9.59 Å². The second-order valence-corrected chi connectivity index (χ2v) is 5.82. The summed E-state index contributed by atoms with van der Waals surface area (Å²) in [5, 5.41) is 12.1. The lowest BCUT2D eigenvalue weighted by Gasteiger charge is -2.18. The molecule has 5 nitrogen and oxygen atoms in total. The average Bonchev–Trinajstić information content (AvgIpc) is 2.45. The van der Waals surface area contributed by atoms with E-state index in [-0.39, 0.29) is 0 Å². The van der Waals surface area contributed by atoms with Gasteiger partial charge < -0.3 is 15.2 Å². The van der Waals surface area contributed by atoms with Crippen molar-refractivity contribution in [2.24, 2.45) is 0 Å². The lowest BCUT2D eigenvalue weighted by Crippen LogP contribution is -2.46. The van der Waals surface area contributed by atoms with Crippen LogP contribution in [0.5, 0.6) is 5.75 Å². The van der Waals surface area contributed by atoms with Gasteiger partial charge >= 0.3 is 5.97 Å². The molecule has 0 fully saturated rings. The minimum Gasteiger partial charge on any atom is -0.481 e. The Balaban J connectivity index is 2.56. The quantitative estimate of drug-likeness (QED) is 0.765. The zero-order valence-corrected chi connectivity index (χ0v) is 13.4. The van der Waals surface area contributed by atoms with Crippen molar-refractivity contribution in [1.29, 1.82) is 0 Å². The number of amides is 1. The van der Waals surface area contributed by atoms with Crippen LogP contribution in [-0.4, -0.2) is 41.1 Å². The number of carboxylic acids is 1. The van der Waals surface area contributed by atoms with Gasteiger partial charge in [-0.1, -0.05) is 11.6 Å². The van der Waals surface area contributed by atoms with Crippen LogP contribution in [0.3, 0.4) is 0 Å². The Labute approximate surface area is 133 Å². The molecule has 21 heavy (non-hydrogen) atoms. The summed E-state index contributed by atoms with van der Waals surface area (Å²) in [4.78, 5) is 23.0. The van der Waals surface area contributed by atoms with Gasteiger partial charge in [-0.3, -0.25) is 4.79 Å². The number of hydrogen-bond acceptors (Lipinski definition) is 4. The van der Waals surface area contributed by atoms with Crippen molar-refractivity contribution >= 4 is 35.2 Å². The van der Waals surface area contributed by atoms with E-state index in [1.165, 1.54) is 11.8 Å². The third-order valence-corrected chi connectivity index (χ3v) is 3.62. The van der Waals surface area contributed by atoms with Crippen LogP contribution in [0.2, 0.25) is 5.02 Å². The number of halogens is 1. The van der Waals surface area contributed by atoms with Gasteiger partial charge in [-0.15, -0.1) is 0 Å². The van der Waals surface area contributed by atoms with Crippen LogP contribution in [-0.2, 0) is 9.59 Å². The van der Waals surface area contributed by atoms with E-state index in [1.54, 1.807) is 31.2 Å². The van der Waals surface area contributed by atoms with Gasteiger partial charge in [0.1, 0.15) is 11.8 Å². The van der Waals surface area contributed by atoms with Crippen molar-refractivity contribution in [1.82, 2.24) is 5.32 Å². The van der Waals surface area contributed by atoms with E-state index in [0.29, 0.717) is 22.9 Å². The van der Waals surface area contributed by atoms with E-state index in [2.05, 4.69) is 5.32 Å². The minimum atomic E-state index is -1.05. The topological polar surface area (TPSA) is 75.6 Å². The molecule has 1 aromatic carbocycles. The molecule has 1 amide bonds. The number of ether oxygens (including phenoxy) is 1. The SMILES string of the molecule is CSCC[C@H](NC(=O)C(C)Oc1ccc(Cl)cc1)C(=O)O. The molecule has 0 aliphatic carbocycles. The summed E-state index contributed by atoms with van der Waals surface area (Å²) in [5.41, 5.74) is 0. The predicted molar refractivity (Wildman–Crippen MR) is 84.1 cm³/mol. The van der Waals surface area contributed by atoms with Crippen LogP contribution in [0.1, 0.15) is 13.3 Å². The fourth-order valence-electron chi connectivity index (χ4n) is 1.55. The first kappa shape index (κ1) is 17.7. The highest BCUT2D eigenvalue weighted by Gasteiger charge is 2.23. The highest BCUT2D eigenvalue weighted by atomic mass is 35.5. The van der Waals surface area contributed by atoms with E-state index < -0.39 is 24.0 Å². The van der Waals surface area contributed by atoms with E-state index in [0.717, 1.165) is 0 Å².